The second kappa shape index (κ2) is 8.64. The SMILES string of the molecule is Cc1ccc(Cn2cc(C=C3SC(=S)N(C4CCCCC4)C3=O)c3ccccc32)cc1. The van der Waals surface area contributed by atoms with E-state index in [4.69, 9.17) is 12.2 Å². The van der Waals surface area contributed by atoms with E-state index in [0.717, 1.165) is 35.2 Å². The summed E-state index contributed by atoms with van der Waals surface area (Å²) in [7, 11) is 0. The Balaban J connectivity index is 1.47. The average Bonchev–Trinajstić information content (AvgIpc) is 3.27. The highest BCUT2D eigenvalue weighted by Crippen LogP contribution is 2.38. The molecule has 0 N–H and O–H groups in total. The summed E-state index contributed by atoms with van der Waals surface area (Å²) in [6, 6.07) is 17.3. The van der Waals surface area contributed by atoms with Crippen molar-refractivity contribution in [2.24, 2.45) is 0 Å². The van der Waals surface area contributed by atoms with Gasteiger partial charge in [-0.1, -0.05) is 91.3 Å². The monoisotopic (exact) mass is 446 g/mol. The van der Waals surface area contributed by atoms with Crippen molar-refractivity contribution in [1.29, 1.82) is 0 Å². The topological polar surface area (TPSA) is 25.2 Å². The number of para-hydroxylation sites is 1. The molecule has 1 aromatic heterocycles. The van der Waals surface area contributed by atoms with Gasteiger partial charge in [-0.2, -0.15) is 0 Å². The van der Waals surface area contributed by atoms with E-state index in [1.807, 2.05) is 11.0 Å². The third kappa shape index (κ3) is 4.09. The highest BCUT2D eigenvalue weighted by Gasteiger charge is 2.37. The van der Waals surface area contributed by atoms with Crippen LogP contribution >= 0.6 is 24.0 Å². The van der Waals surface area contributed by atoms with Crippen LogP contribution in [0.25, 0.3) is 17.0 Å². The molecule has 1 amide bonds. The number of hydrogen-bond donors (Lipinski definition) is 0. The number of carbonyl (C=O) groups is 1. The lowest BCUT2D eigenvalue weighted by molar-refractivity contribution is -0.124. The highest BCUT2D eigenvalue weighted by molar-refractivity contribution is 8.26. The number of carbonyl (C=O) groups excluding carboxylic acids is 1. The van der Waals surface area contributed by atoms with E-state index in [1.54, 1.807) is 0 Å². The molecule has 0 bridgehead atoms. The van der Waals surface area contributed by atoms with Crippen LogP contribution in [0.3, 0.4) is 0 Å². The third-order valence-electron chi connectivity index (χ3n) is 6.34. The summed E-state index contributed by atoms with van der Waals surface area (Å²) < 4.78 is 2.99. The molecule has 158 valence electrons. The Hall–Kier alpha value is -2.37. The molecule has 0 spiro atoms. The molecule has 5 rings (SSSR count). The normalized spacial score (nSPS) is 19.1. The molecule has 0 unspecified atom stereocenters. The summed E-state index contributed by atoms with van der Waals surface area (Å²) in [5.41, 5.74) is 4.78. The Kier molecular flexibility index (Phi) is 5.72. The fourth-order valence-electron chi connectivity index (χ4n) is 4.69. The van der Waals surface area contributed by atoms with E-state index in [-0.39, 0.29) is 11.9 Å². The van der Waals surface area contributed by atoms with Crippen molar-refractivity contribution >= 4 is 51.2 Å². The number of aromatic nitrogens is 1. The van der Waals surface area contributed by atoms with E-state index < -0.39 is 0 Å². The maximum atomic E-state index is 13.2. The Morgan fingerprint density at radius 1 is 1.06 bits per heavy atom. The smallest absolute Gasteiger partial charge is 0.266 e. The molecule has 0 radical (unpaired) electrons. The summed E-state index contributed by atoms with van der Waals surface area (Å²) in [5, 5.41) is 1.16. The number of amides is 1. The Labute approximate surface area is 193 Å². The molecule has 5 heteroatoms. The van der Waals surface area contributed by atoms with E-state index >= 15 is 0 Å². The number of nitrogens with zero attached hydrogens (tertiary/aromatic N) is 2. The Morgan fingerprint density at radius 2 is 1.81 bits per heavy atom. The van der Waals surface area contributed by atoms with Gasteiger partial charge in [-0.15, -0.1) is 0 Å². The molecule has 1 aliphatic carbocycles. The van der Waals surface area contributed by atoms with E-state index in [2.05, 4.69) is 66.2 Å². The second-order valence-electron chi connectivity index (χ2n) is 8.56. The Bertz CT molecular complexity index is 1170. The van der Waals surface area contributed by atoms with Crippen LogP contribution in [0.15, 0.2) is 59.6 Å². The van der Waals surface area contributed by atoms with Crippen LogP contribution in [0, 0.1) is 6.92 Å². The summed E-state index contributed by atoms with van der Waals surface area (Å²) >= 11 is 7.07. The maximum Gasteiger partial charge on any atom is 0.266 e. The molecular formula is C26H26N2OS2. The molecule has 2 fully saturated rings. The lowest BCUT2D eigenvalue weighted by Gasteiger charge is -2.29. The minimum absolute atomic E-state index is 0.0808. The van der Waals surface area contributed by atoms with Gasteiger partial charge in [0.05, 0.1) is 4.91 Å². The number of hydrogen-bond acceptors (Lipinski definition) is 3. The van der Waals surface area contributed by atoms with E-state index in [1.165, 1.54) is 47.7 Å². The van der Waals surface area contributed by atoms with E-state index in [9.17, 15) is 4.79 Å². The van der Waals surface area contributed by atoms with Crippen LogP contribution in [0.2, 0.25) is 0 Å². The first kappa shape index (κ1) is 20.5. The molecule has 1 saturated heterocycles. The van der Waals surface area contributed by atoms with Crippen molar-refractivity contribution in [3.8, 4) is 0 Å². The largest absolute Gasteiger partial charge is 0.342 e. The quantitative estimate of drug-likeness (QED) is 0.336. The van der Waals surface area contributed by atoms with Gasteiger partial charge >= 0.3 is 0 Å². The fraction of sp³-hybridized carbons (Fsp3) is 0.308. The van der Waals surface area contributed by atoms with Crippen LogP contribution in [0.1, 0.15) is 48.8 Å². The standard InChI is InChI=1S/C26H26N2OS2/c1-18-11-13-19(14-12-18)16-27-17-20(22-9-5-6-10-23(22)27)15-24-25(29)28(26(30)31-24)21-7-3-2-4-8-21/h5-6,9-15,17,21H,2-4,7-8,16H2,1H3. The molecule has 0 atom stereocenters. The van der Waals surface area contributed by atoms with Crippen molar-refractivity contribution < 1.29 is 4.79 Å². The first-order valence-corrected chi connectivity index (χ1v) is 12.2. The van der Waals surface area contributed by atoms with Gasteiger partial charge in [0.1, 0.15) is 4.32 Å². The van der Waals surface area contributed by atoms with Crippen LogP contribution in [0.5, 0.6) is 0 Å². The number of thioether (sulfide) groups is 1. The van der Waals surface area contributed by atoms with Crippen molar-refractivity contribution in [1.82, 2.24) is 9.47 Å². The number of rotatable bonds is 4. The summed E-state index contributed by atoms with van der Waals surface area (Å²) in [5.74, 6) is 0.0808. The summed E-state index contributed by atoms with van der Waals surface area (Å²) in [6.45, 7) is 2.91. The molecular weight excluding hydrogens is 420 g/mol. The molecule has 3 aromatic rings. The van der Waals surface area contributed by atoms with Crippen molar-refractivity contribution in [2.45, 2.75) is 51.6 Å². The lowest BCUT2D eigenvalue weighted by atomic mass is 9.94. The third-order valence-corrected chi connectivity index (χ3v) is 7.67. The minimum atomic E-state index is 0.0808. The average molecular weight is 447 g/mol. The van der Waals surface area contributed by atoms with Crippen LogP contribution in [-0.2, 0) is 11.3 Å². The predicted octanol–water partition coefficient (Wildman–Crippen LogP) is 6.53. The number of aryl methyl sites for hydroxylation is 1. The van der Waals surface area contributed by atoms with Gasteiger partial charge < -0.3 is 4.57 Å². The molecule has 1 aliphatic heterocycles. The molecule has 1 saturated carbocycles. The number of fused-ring (bicyclic) bond motifs is 1. The number of thiocarbonyl (C=S) groups is 1. The zero-order valence-corrected chi connectivity index (χ0v) is 19.3. The fourth-order valence-corrected chi connectivity index (χ4v) is 6.08. The summed E-state index contributed by atoms with van der Waals surface area (Å²) in [4.78, 5) is 15.9. The first-order chi connectivity index (χ1) is 15.1. The number of benzene rings is 2. The minimum Gasteiger partial charge on any atom is -0.342 e. The van der Waals surface area contributed by atoms with Gasteiger partial charge in [0.25, 0.3) is 5.91 Å². The molecule has 31 heavy (non-hydrogen) atoms. The Morgan fingerprint density at radius 3 is 2.58 bits per heavy atom. The highest BCUT2D eigenvalue weighted by atomic mass is 32.2. The van der Waals surface area contributed by atoms with Gasteiger partial charge in [0, 0.05) is 35.2 Å². The van der Waals surface area contributed by atoms with Gasteiger partial charge in [0.2, 0.25) is 0 Å². The van der Waals surface area contributed by atoms with Crippen LogP contribution < -0.4 is 0 Å². The van der Waals surface area contributed by atoms with Crippen molar-refractivity contribution in [3.05, 3.63) is 76.3 Å². The van der Waals surface area contributed by atoms with Gasteiger partial charge in [-0.25, -0.2) is 0 Å². The lowest BCUT2D eigenvalue weighted by Crippen LogP contribution is -2.39. The van der Waals surface area contributed by atoms with E-state index in [0.29, 0.717) is 4.32 Å². The van der Waals surface area contributed by atoms with Crippen molar-refractivity contribution in [3.63, 3.8) is 0 Å². The van der Waals surface area contributed by atoms with Gasteiger partial charge in [-0.05, 0) is 37.5 Å². The van der Waals surface area contributed by atoms with Gasteiger partial charge in [0.15, 0.2) is 0 Å². The van der Waals surface area contributed by atoms with Crippen LogP contribution in [-0.4, -0.2) is 25.7 Å². The van der Waals surface area contributed by atoms with Gasteiger partial charge in [-0.3, -0.25) is 9.69 Å². The van der Waals surface area contributed by atoms with Crippen molar-refractivity contribution in [2.75, 3.05) is 0 Å². The molecule has 2 aliphatic rings. The summed E-state index contributed by atoms with van der Waals surface area (Å²) in [6.07, 6.45) is 9.97. The second-order valence-corrected chi connectivity index (χ2v) is 10.2. The zero-order chi connectivity index (χ0) is 21.4. The maximum absolute atomic E-state index is 13.2. The molecule has 2 aromatic carbocycles. The molecule has 3 nitrogen and oxygen atoms in total. The predicted molar refractivity (Wildman–Crippen MR) is 134 cm³/mol. The first-order valence-electron chi connectivity index (χ1n) is 11.0. The zero-order valence-electron chi connectivity index (χ0n) is 17.7. The van der Waals surface area contributed by atoms with Crippen LogP contribution in [0.4, 0.5) is 0 Å². The molecule has 2 heterocycles.